The lowest BCUT2D eigenvalue weighted by atomic mass is 9.99. The van der Waals surface area contributed by atoms with Crippen LogP contribution in [0.4, 0.5) is 0 Å². The summed E-state index contributed by atoms with van der Waals surface area (Å²) in [4.78, 5) is 6.39. The lowest BCUT2D eigenvalue weighted by Crippen LogP contribution is -2.18. The molecule has 2 nitrogen and oxygen atoms in total. The average Bonchev–Trinajstić information content (AvgIpc) is 3.10. The molecule has 1 heterocycles. The SMILES string of the molecule is CNC(c1nc2c(s1)CCC2)c1cccc2ccccc12. The fourth-order valence-electron chi connectivity index (χ4n) is 3.25. The number of fused-ring (bicyclic) bond motifs is 2. The topological polar surface area (TPSA) is 24.9 Å². The molecule has 1 unspecified atom stereocenters. The molecule has 1 aliphatic rings. The Morgan fingerprint density at radius 1 is 1.10 bits per heavy atom. The molecule has 1 N–H and O–H groups in total. The van der Waals surface area contributed by atoms with Crippen LogP contribution in [0.3, 0.4) is 0 Å². The molecule has 0 saturated carbocycles. The van der Waals surface area contributed by atoms with Crippen LogP contribution in [0.15, 0.2) is 42.5 Å². The summed E-state index contributed by atoms with van der Waals surface area (Å²) in [6.45, 7) is 0. The lowest BCUT2D eigenvalue weighted by molar-refractivity contribution is 0.687. The molecule has 0 saturated heterocycles. The van der Waals surface area contributed by atoms with Gasteiger partial charge in [0.1, 0.15) is 5.01 Å². The minimum atomic E-state index is 0.187. The highest BCUT2D eigenvalue weighted by Crippen LogP contribution is 2.35. The predicted molar refractivity (Wildman–Crippen MR) is 89.0 cm³/mol. The second-order valence-electron chi connectivity index (χ2n) is 5.57. The summed E-state index contributed by atoms with van der Waals surface area (Å²) in [5, 5.41) is 7.28. The highest BCUT2D eigenvalue weighted by molar-refractivity contribution is 7.11. The number of hydrogen-bond acceptors (Lipinski definition) is 3. The van der Waals surface area contributed by atoms with Gasteiger partial charge in [-0.25, -0.2) is 4.98 Å². The monoisotopic (exact) mass is 294 g/mol. The van der Waals surface area contributed by atoms with E-state index in [0.29, 0.717) is 0 Å². The predicted octanol–water partition coefficient (Wildman–Crippen LogP) is 4.09. The van der Waals surface area contributed by atoms with E-state index >= 15 is 0 Å². The van der Waals surface area contributed by atoms with E-state index in [-0.39, 0.29) is 6.04 Å². The largest absolute Gasteiger partial charge is 0.307 e. The highest BCUT2D eigenvalue weighted by Gasteiger charge is 2.23. The number of rotatable bonds is 3. The maximum Gasteiger partial charge on any atom is 0.115 e. The molecule has 106 valence electrons. The Morgan fingerprint density at radius 2 is 1.95 bits per heavy atom. The minimum absolute atomic E-state index is 0.187. The van der Waals surface area contributed by atoms with Crippen molar-refractivity contribution in [1.82, 2.24) is 10.3 Å². The van der Waals surface area contributed by atoms with Crippen LogP contribution in [0.25, 0.3) is 10.8 Å². The van der Waals surface area contributed by atoms with Gasteiger partial charge in [-0.1, -0.05) is 42.5 Å². The Hall–Kier alpha value is -1.71. The lowest BCUT2D eigenvalue weighted by Gasteiger charge is -2.16. The molecule has 4 rings (SSSR count). The van der Waals surface area contributed by atoms with Crippen LogP contribution in [0, 0.1) is 0 Å². The van der Waals surface area contributed by atoms with Crippen molar-refractivity contribution in [2.45, 2.75) is 25.3 Å². The van der Waals surface area contributed by atoms with Gasteiger partial charge in [0, 0.05) is 4.88 Å². The standard InChI is InChI=1S/C18H18N2S/c1-19-17(18-20-15-10-5-11-16(15)21-18)14-9-4-7-12-6-2-3-8-13(12)14/h2-4,6-9,17,19H,5,10-11H2,1H3. The van der Waals surface area contributed by atoms with Crippen LogP contribution in [0.1, 0.15) is 33.6 Å². The van der Waals surface area contributed by atoms with E-state index in [2.05, 4.69) is 47.8 Å². The molecule has 3 heteroatoms. The second-order valence-corrected chi connectivity index (χ2v) is 6.68. The summed E-state index contributed by atoms with van der Waals surface area (Å²) in [5.41, 5.74) is 2.65. The molecule has 1 atom stereocenters. The zero-order valence-electron chi connectivity index (χ0n) is 12.1. The van der Waals surface area contributed by atoms with Gasteiger partial charge in [-0.2, -0.15) is 0 Å². The molecule has 0 radical (unpaired) electrons. The van der Waals surface area contributed by atoms with Gasteiger partial charge in [0.05, 0.1) is 11.7 Å². The zero-order chi connectivity index (χ0) is 14.2. The van der Waals surface area contributed by atoms with Crippen molar-refractivity contribution in [1.29, 1.82) is 0 Å². The van der Waals surface area contributed by atoms with Crippen molar-refractivity contribution in [3.05, 3.63) is 63.6 Å². The number of aryl methyl sites for hydroxylation is 2. The Morgan fingerprint density at radius 3 is 2.81 bits per heavy atom. The van der Waals surface area contributed by atoms with Crippen molar-refractivity contribution in [3.8, 4) is 0 Å². The molecule has 1 aliphatic carbocycles. The summed E-state index contributed by atoms with van der Waals surface area (Å²) >= 11 is 1.88. The summed E-state index contributed by atoms with van der Waals surface area (Å²) in [7, 11) is 2.03. The Labute approximate surface area is 128 Å². The van der Waals surface area contributed by atoms with E-state index in [1.165, 1.54) is 44.8 Å². The molecule has 0 bridgehead atoms. The quantitative estimate of drug-likeness (QED) is 0.787. The van der Waals surface area contributed by atoms with E-state index in [9.17, 15) is 0 Å². The minimum Gasteiger partial charge on any atom is -0.307 e. The summed E-state index contributed by atoms with van der Waals surface area (Å²) < 4.78 is 0. The fourth-order valence-corrected chi connectivity index (χ4v) is 4.53. The molecule has 3 aromatic rings. The van der Waals surface area contributed by atoms with Crippen molar-refractivity contribution in [3.63, 3.8) is 0 Å². The fraction of sp³-hybridized carbons (Fsp3) is 0.278. The van der Waals surface area contributed by atoms with Crippen LogP contribution in [-0.4, -0.2) is 12.0 Å². The number of hydrogen-bond donors (Lipinski definition) is 1. The molecular weight excluding hydrogens is 276 g/mol. The van der Waals surface area contributed by atoms with E-state index in [1.807, 2.05) is 18.4 Å². The van der Waals surface area contributed by atoms with Crippen molar-refractivity contribution in [2.75, 3.05) is 7.05 Å². The molecule has 1 aromatic heterocycles. The summed E-state index contributed by atoms with van der Waals surface area (Å²) in [6, 6.07) is 15.3. The first-order valence-electron chi connectivity index (χ1n) is 7.50. The van der Waals surface area contributed by atoms with E-state index in [4.69, 9.17) is 4.98 Å². The van der Waals surface area contributed by atoms with Gasteiger partial charge >= 0.3 is 0 Å². The zero-order valence-corrected chi connectivity index (χ0v) is 12.9. The third-order valence-corrected chi connectivity index (χ3v) is 5.50. The number of nitrogens with one attached hydrogen (secondary N) is 1. The third kappa shape index (κ3) is 2.17. The Kier molecular flexibility index (Phi) is 3.24. The summed E-state index contributed by atoms with van der Waals surface area (Å²) in [5.74, 6) is 0. The van der Waals surface area contributed by atoms with Crippen LogP contribution < -0.4 is 5.32 Å². The van der Waals surface area contributed by atoms with Gasteiger partial charge in [-0.05, 0) is 42.6 Å². The van der Waals surface area contributed by atoms with Gasteiger partial charge in [0.2, 0.25) is 0 Å². The van der Waals surface area contributed by atoms with Crippen LogP contribution in [0.5, 0.6) is 0 Å². The Balaban J connectivity index is 1.84. The first-order valence-corrected chi connectivity index (χ1v) is 8.32. The van der Waals surface area contributed by atoms with Gasteiger partial charge in [0.25, 0.3) is 0 Å². The molecule has 0 fully saturated rings. The Bertz CT molecular complexity index is 764. The first-order chi connectivity index (χ1) is 10.4. The molecule has 0 aliphatic heterocycles. The van der Waals surface area contributed by atoms with E-state index < -0.39 is 0 Å². The van der Waals surface area contributed by atoms with E-state index in [0.717, 1.165) is 6.42 Å². The number of nitrogens with zero attached hydrogens (tertiary/aromatic N) is 1. The molecular formula is C18H18N2S. The number of benzene rings is 2. The number of thiazole rings is 1. The van der Waals surface area contributed by atoms with Gasteiger partial charge in [0.15, 0.2) is 0 Å². The van der Waals surface area contributed by atoms with Crippen LogP contribution in [0.2, 0.25) is 0 Å². The average molecular weight is 294 g/mol. The maximum absolute atomic E-state index is 4.90. The second kappa shape index (κ2) is 5.24. The summed E-state index contributed by atoms with van der Waals surface area (Å²) in [6.07, 6.45) is 3.63. The molecule has 0 amide bonds. The van der Waals surface area contributed by atoms with Crippen molar-refractivity contribution in [2.24, 2.45) is 0 Å². The third-order valence-electron chi connectivity index (χ3n) is 4.28. The molecule has 21 heavy (non-hydrogen) atoms. The van der Waals surface area contributed by atoms with Gasteiger partial charge in [-0.3, -0.25) is 0 Å². The number of aromatic nitrogens is 1. The highest BCUT2D eigenvalue weighted by atomic mass is 32.1. The van der Waals surface area contributed by atoms with Crippen LogP contribution >= 0.6 is 11.3 Å². The molecule has 0 spiro atoms. The van der Waals surface area contributed by atoms with Gasteiger partial charge in [-0.15, -0.1) is 11.3 Å². The molecule has 2 aromatic carbocycles. The van der Waals surface area contributed by atoms with Crippen LogP contribution in [-0.2, 0) is 12.8 Å². The first kappa shape index (κ1) is 13.0. The van der Waals surface area contributed by atoms with Gasteiger partial charge < -0.3 is 5.32 Å². The maximum atomic E-state index is 4.90. The van der Waals surface area contributed by atoms with E-state index in [1.54, 1.807) is 0 Å². The van der Waals surface area contributed by atoms with Crippen molar-refractivity contribution >= 4 is 22.1 Å². The smallest absolute Gasteiger partial charge is 0.115 e. The van der Waals surface area contributed by atoms with Crippen molar-refractivity contribution < 1.29 is 0 Å². The normalized spacial score (nSPS) is 15.3.